The Morgan fingerprint density at radius 3 is 2.89 bits per heavy atom. The Balaban J connectivity index is 1.71. The second-order valence-corrected chi connectivity index (χ2v) is 6.49. The molecule has 0 saturated heterocycles. The zero-order chi connectivity index (χ0) is 12.7. The Morgan fingerprint density at radius 2 is 2.22 bits per heavy atom. The third-order valence-corrected chi connectivity index (χ3v) is 5.40. The van der Waals surface area contributed by atoms with Crippen LogP contribution in [-0.2, 0) is 0 Å². The Morgan fingerprint density at radius 1 is 1.39 bits per heavy atom. The van der Waals surface area contributed by atoms with Gasteiger partial charge < -0.3 is 11.1 Å². The molecule has 98 valence electrons. The molecular weight excluding hydrogens is 292 g/mol. The second-order valence-electron chi connectivity index (χ2n) is 5.69. The van der Waals surface area contributed by atoms with Gasteiger partial charge >= 0.3 is 0 Å². The molecule has 4 unspecified atom stereocenters. The van der Waals surface area contributed by atoms with E-state index in [9.17, 15) is 0 Å². The van der Waals surface area contributed by atoms with Gasteiger partial charge in [0.25, 0.3) is 0 Å². The molecule has 5 heteroatoms. The van der Waals surface area contributed by atoms with Gasteiger partial charge in [0.2, 0.25) is 0 Å². The minimum atomic E-state index is 0.450. The molecule has 1 aromatic heterocycles. The molecule has 2 aliphatic carbocycles. The lowest BCUT2D eigenvalue weighted by Crippen LogP contribution is -2.30. The van der Waals surface area contributed by atoms with Gasteiger partial charge in [0.05, 0.1) is 0 Å². The van der Waals surface area contributed by atoms with Crippen molar-refractivity contribution in [3.63, 3.8) is 0 Å². The van der Waals surface area contributed by atoms with Crippen molar-refractivity contribution >= 4 is 27.6 Å². The van der Waals surface area contributed by atoms with E-state index >= 15 is 0 Å². The Hall–Kier alpha value is -0.840. The number of hydrogen-bond donors (Lipinski definition) is 2. The van der Waals surface area contributed by atoms with Crippen molar-refractivity contribution in [3.05, 3.63) is 10.8 Å². The van der Waals surface area contributed by atoms with Crippen molar-refractivity contribution in [2.45, 2.75) is 38.6 Å². The van der Waals surface area contributed by atoms with E-state index in [0.717, 1.165) is 28.0 Å². The van der Waals surface area contributed by atoms with E-state index in [1.807, 2.05) is 0 Å². The van der Waals surface area contributed by atoms with E-state index in [2.05, 4.69) is 38.1 Å². The standard InChI is InChI=1S/C13H19BrN4/c1-7(10-5-8-2-3-9(10)4-8)18-13-11(14)12(15)16-6-17-13/h6-10H,2-5H2,1H3,(H3,15,16,17,18). The SMILES string of the molecule is CC(Nc1ncnc(N)c1Br)C1CC2CCC1C2. The van der Waals surface area contributed by atoms with Gasteiger partial charge in [-0.1, -0.05) is 6.42 Å². The number of fused-ring (bicyclic) bond motifs is 2. The zero-order valence-electron chi connectivity index (χ0n) is 10.6. The van der Waals surface area contributed by atoms with Gasteiger partial charge in [-0.2, -0.15) is 0 Å². The maximum absolute atomic E-state index is 5.77. The summed E-state index contributed by atoms with van der Waals surface area (Å²) in [5, 5.41) is 3.50. The fourth-order valence-corrected chi connectivity index (χ4v) is 4.03. The van der Waals surface area contributed by atoms with Crippen LogP contribution in [0.3, 0.4) is 0 Å². The third-order valence-electron chi connectivity index (χ3n) is 4.62. The first-order valence-electron chi connectivity index (χ1n) is 6.67. The number of nitrogens with one attached hydrogen (secondary N) is 1. The van der Waals surface area contributed by atoms with Gasteiger partial charge in [0.1, 0.15) is 22.4 Å². The summed E-state index contributed by atoms with van der Waals surface area (Å²) in [6.07, 6.45) is 7.17. The van der Waals surface area contributed by atoms with E-state index < -0.39 is 0 Å². The highest BCUT2D eigenvalue weighted by Crippen LogP contribution is 2.49. The lowest BCUT2D eigenvalue weighted by molar-refractivity contribution is 0.304. The molecule has 4 atom stereocenters. The molecule has 2 saturated carbocycles. The number of aromatic nitrogens is 2. The van der Waals surface area contributed by atoms with Crippen LogP contribution in [0.2, 0.25) is 0 Å². The molecule has 0 aliphatic heterocycles. The van der Waals surface area contributed by atoms with Crippen molar-refractivity contribution in [3.8, 4) is 0 Å². The summed E-state index contributed by atoms with van der Waals surface area (Å²) in [7, 11) is 0. The van der Waals surface area contributed by atoms with Gasteiger partial charge in [0, 0.05) is 6.04 Å². The van der Waals surface area contributed by atoms with Crippen molar-refractivity contribution in [2.24, 2.45) is 17.8 Å². The number of hydrogen-bond acceptors (Lipinski definition) is 4. The molecule has 18 heavy (non-hydrogen) atoms. The quantitative estimate of drug-likeness (QED) is 0.900. The van der Waals surface area contributed by atoms with Crippen LogP contribution in [0.1, 0.15) is 32.6 Å². The number of nitrogens with zero attached hydrogens (tertiary/aromatic N) is 2. The molecule has 1 heterocycles. The van der Waals surface area contributed by atoms with Gasteiger partial charge in [0.15, 0.2) is 0 Å². The van der Waals surface area contributed by atoms with Crippen molar-refractivity contribution < 1.29 is 0 Å². The van der Waals surface area contributed by atoms with E-state index in [1.165, 1.54) is 32.0 Å². The van der Waals surface area contributed by atoms with Gasteiger partial charge in [-0.05, 0) is 59.9 Å². The average molecular weight is 311 g/mol. The van der Waals surface area contributed by atoms with E-state index in [0.29, 0.717) is 11.9 Å². The molecule has 2 aliphatic rings. The highest BCUT2D eigenvalue weighted by Gasteiger charge is 2.41. The summed E-state index contributed by atoms with van der Waals surface area (Å²) in [4.78, 5) is 8.23. The number of rotatable bonds is 3. The fraction of sp³-hybridized carbons (Fsp3) is 0.692. The van der Waals surface area contributed by atoms with Crippen LogP contribution < -0.4 is 11.1 Å². The molecule has 0 aromatic carbocycles. The van der Waals surface area contributed by atoms with Crippen molar-refractivity contribution in [2.75, 3.05) is 11.1 Å². The molecule has 2 fully saturated rings. The Kier molecular flexibility index (Phi) is 3.18. The first-order valence-corrected chi connectivity index (χ1v) is 7.47. The van der Waals surface area contributed by atoms with Crippen molar-refractivity contribution in [1.82, 2.24) is 9.97 Å². The smallest absolute Gasteiger partial charge is 0.146 e. The van der Waals surface area contributed by atoms with E-state index in [-0.39, 0.29) is 0 Å². The van der Waals surface area contributed by atoms with Crippen LogP contribution in [0, 0.1) is 17.8 Å². The maximum atomic E-state index is 5.77. The largest absolute Gasteiger partial charge is 0.383 e. The van der Waals surface area contributed by atoms with Crippen LogP contribution in [0.5, 0.6) is 0 Å². The lowest BCUT2D eigenvalue weighted by Gasteiger charge is -2.29. The predicted octanol–water partition coefficient (Wildman–Crippen LogP) is 3.06. The number of nitrogens with two attached hydrogens (primary N) is 1. The summed E-state index contributed by atoms with van der Waals surface area (Å²) < 4.78 is 0.778. The fourth-order valence-electron chi connectivity index (χ4n) is 3.71. The van der Waals surface area contributed by atoms with E-state index in [4.69, 9.17) is 5.73 Å². The summed E-state index contributed by atoms with van der Waals surface area (Å²) in [6, 6.07) is 0.450. The van der Waals surface area contributed by atoms with Gasteiger partial charge in [-0.15, -0.1) is 0 Å². The molecule has 3 N–H and O–H groups in total. The molecule has 1 aromatic rings. The summed E-state index contributed by atoms with van der Waals surface area (Å²) >= 11 is 3.45. The highest BCUT2D eigenvalue weighted by molar-refractivity contribution is 9.10. The number of anilines is 2. The van der Waals surface area contributed by atoms with Crippen LogP contribution >= 0.6 is 15.9 Å². The van der Waals surface area contributed by atoms with Crippen LogP contribution in [0.15, 0.2) is 10.8 Å². The minimum Gasteiger partial charge on any atom is -0.383 e. The first-order chi connectivity index (χ1) is 8.65. The maximum Gasteiger partial charge on any atom is 0.146 e. The zero-order valence-corrected chi connectivity index (χ0v) is 12.2. The molecule has 2 bridgehead atoms. The summed E-state index contributed by atoms with van der Waals surface area (Å²) in [5.41, 5.74) is 5.77. The predicted molar refractivity (Wildman–Crippen MR) is 76.2 cm³/mol. The normalized spacial score (nSPS) is 31.6. The molecule has 3 rings (SSSR count). The molecule has 0 spiro atoms. The molecule has 4 nitrogen and oxygen atoms in total. The van der Waals surface area contributed by atoms with Crippen LogP contribution in [-0.4, -0.2) is 16.0 Å². The highest BCUT2D eigenvalue weighted by atomic mass is 79.9. The molecular formula is C13H19BrN4. The summed E-state index contributed by atoms with van der Waals surface area (Å²) in [6.45, 7) is 2.26. The lowest BCUT2D eigenvalue weighted by atomic mass is 9.84. The second kappa shape index (κ2) is 4.68. The monoisotopic (exact) mass is 310 g/mol. The Labute approximate surface area is 116 Å². The van der Waals surface area contributed by atoms with Gasteiger partial charge in [-0.3, -0.25) is 0 Å². The average Bonchev–Trinajstić information content (AvgIpc) is 2.97. The van der Waals surface area contributed by atoms with E-state index in [1.54, 1.807) is 0 Å². The van der Waals surface area contributed by atoms with Crippen LogP contribution in [0.4, 0.5) is 11.6 Å². The van der Waals surface area contributed by atoms with Crippen molar-refractivity contribution in [1.29, 1.82) is 0 Å². The number of nitrogen functional groups attached to an aromatic ring is 1. The molecule has 0 radical (unpaired) electrons. The van der Waals surface area contributed by atoms with Gasteiger partial charge in [-0.25, -0.2) is 9.97 Å². The third kappa shape index (κ3) is 2.09. The van der Waals surface area contributed by atoms with Crippen LogP contribution in [0.25, 0.3) is 0 Å². The molecule has 0 amide bonds. The number of halogens is 1. The Bertz CT molecular complexity index is 451. The summed E-state index contributed by atoms with van der Waals surface area (Å²) in [5.74, 6) is 3.98. The first kappa shape index (κ1) is 12.2. The minimum absolute atomic E-state index is 0.450. The topological polar surface area (TPSA) is 63.8 Å².